The van der Waals surface area contributed by atoms with Crippen LogP contribution in [0.25, 0.3) is 0 Å². The van der Waals surface area contributed by atoms with Gasteiger partial charge < -0.3 is 20.0 Å². The topological polar surface area (TPSA) is 67.2 Å². The number of benzene rings is 2. The number of aliphatic hydroxyl groups is 2. The Bertz CT molecular complexity index is 957. The van der Waals surface area contributed by atoms with Gasteiger partial charge in [0.25, 0.3) is 5.91 Å². The maximum absolute atomic E-state index is 13.0. The van der Waals surface area contributed by atoms with Crippen molar-refractivity contribution in [3.8, 4) is 0 Å². The highest BCUT2D eigenvalue weighted by Crippen LogP contribution is 2.29. The van der Waals surface area contributed by atoms with E-state index in [1.165, 1.54) is 11.1 Å². The van der Waals surface area contributed by atoms with E-state index in [-0.39, 0.29) is 12.5 Å². The molecule has 1 amide bonds. The predicted molar refractivity (Wildman–Crippen MR) is 120 cm³/mol. The summed E-state index contributed by atoms with van der Waals surface area (Å²) < 4.78 is 0. The van der Waals surface area contributed by atoms with Crippen molar-refractivity contribution in [1.29, 1.82) is 0 Å². The summed E-state index contributed by atoms with van der Waals surface area (Å²) in [5.41, 5.74) is 5.73. The first-order valence-corrected chi connectivity index (χ1v) is 11.4. The lowest BCUT2D eigenvalue weighted by atomic mass is 9.95. The van der Waals surface area contributed by atoms with E-state index >= 15 is 0 Å². The zero-order valence-corrected chi connectivity index (χ0v) is 17.9. The molecular formula is C25H31N3O3. The van der Waals surface area contributed by atoms with Crippen molar-refractivity contribution in [2.45, 2.75) is 25.5 Å². The fourth-order valence-corrected chi connectivity index (χ4v) is 5.11. The number of β-amino-alcohol motifs (C(OH)–C–C–N with tert-alkyl or cyclic N) is 1. The summed E-state index contributed by atoms with van der Waals surface area (Å²) in [6, 6.07) is 14.6. The Kier molecular flexibility index (Phi) is 5.69. The minimum Gasteiger partial charge on any atom is -0.396 e. The first kappa shape index (κ1) is 20.5. The number of aliphatic hydroxyl groups excluding tert-OH is 2. The second-order valence-corrected chi connectivity index (χ2v) is 9.20. The van der Waals surface area contributed by atoms with Crippen molar-refractivity contribution in [1.82, 2.24) is 9.80 Å². The number of rotatable bonds is 6. The van der Waals surface area contributed by atoms with Gasteiger partial charge in [0.2, 0.25) is 0 Å². The summed E-state index contributed by atoms with van der Waals surface area (Å²) in [4.78, 5) is 19.4. The number of hydrogen-bond donors (Lipinski definition) is 2. The molecule has 0 unspecified atom stereocenters. The van der Waals surface area contributed by atoms with E-state index in [2.05, 4.69) is 40.1 Å². The lowest BCUT2D eigenvalue weighted by Gasteiger charge is -2.41. The Morgan fingerprint density at radius 1 is 0.968 bits per heavy atom. The number of carbonyl (C=O) groups excluding carboxylic acids is 1. The third kappa shape index (κ3) is 4.20. The van der Waals surface area contributed by atoms with Gasteiger partial charge in [-0.05, 0) is 47.7 Å². The van der Waals surface area contributed by atoms with Gasteiger partial charge in [0.15, 0.2) is 0 Å². The molecule has 2 aromatic rings. The molecule has 0 spiro atoms. The zero-order valence-electron chi connectivity index (χ0n) is 17.9. The molecule has 0 bridgehead atoms. The van der Waals surface area contributed by atoms with Crippen LogP contribution < -0.4 is 4.90 Å². The van der Waals surface area contributed by atoms with E-state index in [0.29, 0.717) is 25.6 Å². The molecule has 3 aliphatic heterocycles. The zero-order chi connectivity index (χ0) is 21.4. The van der Waals surface area contributed by atoms with Gasteiger partial charge in [-0.1, -0.05) is 24.3 Å². The molecule has 6 heteroatoms. The summed E-state index contributed by atoms with van der Waals surface area (Å²) in [6.07, 6.45) is 1.28. The van der Waals surface area contributed by atoms with E-state index < -0.39 is 6.10 Å². The number of nitrogens with zero attached hydrogens (tertiary/aromatic N) is 3. The van der Waals surface area contributed by atoms with Crippen LogP contribution in [0.1, 0.15) is 27.0 Å². The standard InChI is InChI=1S/C25H31N3O3/c29-17-18-12-28(13-18)22-5-6-24-20(11-22)8-10-27(25(24)31)16-23(30)15-26-9-7-19-3-1-2-4-21(19)14-26/h1-6,11,18,23,29-30H,7-10,12-17H2/t23-/m1/s1. The summed E-state index contributed by atoms with van der Waals surface area (Å²) in [5, 5.41) is 19.9. The normalized spacial score (nSPS) is 20.3. The third-order valence-electron chi connectivity index (χ3n) is 6.95. The maximum Gasteiger partial charge on any atom is 0.254 e. The number of fused-ring (bicyclic) bond motifs is 2. The lowest BCUT2D eigenvalue weighted by molar-refractivity contribution is 0.0493. The van der Waals surface area contributed by atoms with Gasteiger partial charge in [-0.2, -0.15) is 0 Å². The third-order valence-corrected chi connectivity index (χ3v) is 6.95. The van der Waals surface area contributed by atoms with Gasteiger partial charge in [-0.25, -0.2) is 0 Å². The molecule has 5 rings (SSSR count). The van der Waals surface area contributed by atoms with Crippen molar-refractivity contribution >= 4 is 11.6 Å². The molecule has 31 heavy (non-hydrogen) atoms. The van der Waals surface area contributed by atoms with Gasteiger partial charge in [0.05, 0.1) is 6.10 Å². The first-order valence-electron chi connectivity index (χ1n) is 11.4. The van der Waals surface area contributed by atoms with E-state index in [0.717, 1.165) is 55.8 Å². The molecule has 6 nitrogen and oxygen atoms in total. The highest BCUT2D eigenvalue weighted by Gasteiger charge is 2.30. The summed E-state index contributed by atoms with van der Waals surface area (Å²) in [5.74, 6) is 0.385. The van der Waals surface area contributed by atoms with Crippen molar-refractivity contribution in [2.24, 2.45) is 5.92 Å². The molecule has 0 aliphatic carbocycles. The Balaban J connectivity index is 1.18. The minimum absolute atomic E-state index is 0.0210. The van der Waals surface area contributed by atoms with Crippen LogP contribution in [0, 0.1) is 5.92 Å². The Hall–Kier alpha value is -2.41. The lowest BCUT2D eigenvalue weighted by Crippen LogP contribution is -2.48. The van der Waals surface area contributed by atoms with Gasteiger partial charge in [0, 0.05) is 69.6 Å². The number of amides is 1. The van der Waals surface area contributed by atoms with E-state index in [1.807, 2.05) is 12.1 Å². The second-order valence-electron chi connectivity index (χ2n) is 9.20. The fraction of sp³-hybridized carbons (Fsp3) is 0.480. The molecule has 3 aliphatic rings. The SMILES string of the molecule is O=C1c2ccc(N3CC(CO)C3)cc2CCN1C[C@H](O)CN1CCc2ccccc2C1. The van der Waals surface area contributed by atoms with Crippen molar-refractivity contribution in [3.05, 3.63) is 64.7 Å². The molecule has 3 heterocycles. The molecular weight excluding hydrogens is 390 g/mol. The van der Waals surface area contributed by atoms with Crippen LogP contribution in [-0.2, 0) is 19.4 Å². The molecule has 0 aromatic heterocycles. The van der Waals surface area contributed by atoms with Gasteiger partial charge >= 0.3 is 0 Å². The van der Waals surface area contributed by atoms with Crippen LogP contribution >= 0.6 is 0 Å². The highest BCUT2D eigenvalue weighted by atomic mass is 16.3. The minimum atomic E-state index is -0.550. The van der Waals surface area contributed by atoms with Crippen molar-refractivity contribution in [2.75, 3.05) is 50.8 Å². The van der Waals surface area contributed by atoms with Crippen LogP contribution in [0.15, 0.2) is 42.5 Å². The molecule has 1 fully saturated rings. The highest BCUT2D eigenvalue weighted by molar-refractivity contribution is 5.97. The first-order chi connectivity index (χ1) is 15.1. The molecule has 0 radical (unpaired) electrons. The molecule has 1 atom stereocenters. The number of carbonyl (C=O) groups is 1. The second kappa shape index (κ2) is 8.61. The summed E-state index contributed by atoms with van der Waals surface area (Å²) in [6.45, 7) is 5.41. The maximum atomic E-state index is 13.0. The van der Waals surface area contributed by atoms with Gasteiger partial charge in [-0.3, -0.25) is 9.69 Å². The average Bonchev–Trinajstić information content (AvgIpc) is 2.75. The molecule has 1 saturated heterocycles. The fourth-order valence-electron chi connectivity index (χ4n) is 5.11. The van der Waals surface area contributed by atoms with Crippen LogP contribution in [0.4, 0.5) is 5.69 Å². The number of hydrogen-bond acceptors (Lipinski definition) is 5. The van der Waals surface area contributed by atoms with Gasteiger partial charge in [0.1, 0.15) is 0 Å². The Labute approximate surface area is 183 Å². The Morgan fingerprint density at radius 2 is 1.74 bits per heavy atom. The average molecular weight is 422 g/mol. The predicted octanol–water partition coefficient (Wildman–Crippen LogP) is 1.53. The number of anilines is 1. The summed E-state index contributed by atoms with van der Waals surface area (Å²) in [7, 11) is 0. The largest absolute Gasteiger partial charge is 0.396 e. The monoisotopic (exact) mass is 421 g/mol. The van der Waals surface area contributed by atoms with Crippen LogP contribution in [0.5, 0.6) is 0 Å². The van der Waals surface area contributed by atoms with Crippen LogP contribution in [0.3, 0.4) is 0 Å². The van der Waals surface area contributed by atoms with Crippen molar-refractivity contribution in [3.63, 3.8) is 0 Å². The molecule has 2 aromatic carbocycles. The smallest absolute Gasteiger partial charge is 0.254 e. The van der Waals surface area contributed by atoms with Gasteiger partial charge in [-0.15, -0.1) is 0 Å². The summed E-state index contributed by atoms with van der Waals surface area (Å²) >= 11 is 0. The van der Waals surface area contributed by atoms with E-state index in [4.69, 9.17) is 0 Å². The van der Waals surface area contributed by atoms with Crippen molar-refractivity contribution < 1.29 is 15.0 Å². The molecule has 0 saturated carbocycles. The van der Waals surface area contributed by atoms with E-state index in [9.17, 15) is 15.0 Å². The molecule has 2 N–H and O–H groups in total. The molecule has 164 valence electrons. The quantitative estimate of drug-likeness (QED) is 0.741. The van der Waals surface area contributed by atoms with E-state index in [1.54, 1.807) is 4.90 Å². The van der Waals surface area contributed by atoms with Crippen LogP contribution in [0.2, 0.25) is 0 Å². The Morgan fingerprint density at radius 3 is 2.55 bits per heavy atom. The van der Waals surface area contributed by atoms with Crippen LogP contribution in [-0.4, -0.2) is 77.9 Å².